The van der Waals surface area contributed by atoms with Crippen LogP contribution in [0.5, 0.6) is 0 Å². The predicted octanol–water partition coefficient (Wildman–Crippen LogP) is 4.74. The average Bonchev–Trinajstić information content (AvgIpc) is 2.97. The summed E-state index contributed by atoms with van der Waals surface area (Å²) in [5, 5.41) is 13.6. The summed E-state index contributed by atoms with van der Waals surface area (Å²) < 4.78 is 39.2. The number of nitrogens with zero attached hydrogens (tertiary/aromatic N) is 1. The van der Waals surface area contributed by atoms with Gasteiger partial charge in [0.1, 0.15) is 11.7 Å². The number of rotatable bonds is 15. The fourth-order valence-corrected chi connectivity index (χ4v) is 5.87. The summed E-state index contributed by atoms with van der Waals surface area (Å²) in [4.78, 5) is 55.4. The number of aliphatic hydroxyl groups is 1. The predicted molar refractivity (Wildman–Crippen MR) is 176 cm³/mol. The lowest BCUT2D eigenvalue weighted by molar-refractivity contribution is -0.187. The summed E-state index contributed by atoms with van der Waals surface area (Å²) in [5.41, 5.74) is 11.9. The number of carbonyl (C=O) groups is 4. The zero-order chi connectivity index (χ0) is 35.7. The van der Waals surface area contributed by atoms with Gasteiger partial charge in [-0.2, -0.15) is 0 Å². The number of Topliss-reactive ketones (excluding diaryl/α,β-unsaturated/α-hetero) is 1. The maximum Gasteiger partial charge on any atom is 0.408 e. The second kappa shape index (κ2) is 17.4. The van der Waals surface area contributed by atoms with Gasteiger partial charge in [0.25, 0.3) is 0 Å². The van der Waals surface area contributed by atoms with Crippen LogP contribution in [-0.4, -0.2) is 75.5 Å². The van der Waals surface area contributed by atoms with E-state index in [4.69, 9.17) is 16.2 Å². The Bertz CT molecular complexity index is 1180. The van der Waals surface area contributed by atoms with Crippen molar-refractivity contribution in [1.82, 2.24) is 10.2 Å². The van der Waals surface area contributed by atoms with Crippen LogP contribution in [0.4, 0.5) is 13.6 Å². The van der Waals surface area contributed by atoms with Crippen LogP contribution in [0.1, 0.15) is 99.0 Å². The Morgan fingerprint density at radius 3 is 2.09 bits per heavy atom. The van der Waals surface area contributed by atoms with E-state index in [0.29, 0.717) is 5.56 Å². The molecule has 266 valence electrons. The van der Waals surface area contributed by atoms with Crippen LogP contribution in [0.25, 0.3) is 0 Å². The third kappa shape index (κ3) is 11.9. The smallest absolute Gasteiger partial charge is 0.408 e. The number of nitrogens with two attached hydrogens (primary N) is 2. The summed E-state index contributed by atoms with van der Waals surface area (Å²) in [7, 11) is 0. The molecule has 12 heteroatoms. The highest BCUT2D eigenvalue weighted by Crippen LogP contribution is 2.35. The molecule has 0 spiro atoms. The molecular formula is C35H56F2N4O6. The van der Waals surface area contributed by atoms with Crippen molar-refractivity contribution in [3.05, 3.63) is 35.9 Å². The second-order valence-corrected chi connectivity index (χ2v) is 14.7. The highest BCUT2D eigenvalue weighted by atomic mass is 19.3. The first-order valence-electron chi connectivity index (χ1n) is 16.8. The maximum absolute atomic E-state index is 16.9. The van der Waals surface area contributed by atoms with Gasteiger partial charge in [-0.3, -0.25) is 19.3 Å². The fraction of sp³-hybridized carbons (Fsp3) is 0.714. The molecule has 1 aromatic carbocycles. The van der Waals surface area contributed by atoms with Crippen LogP contribution in [-0.2, 0) is 25.5 Å². The molecule has 47 heavy (non-hydrogen) atoms. The summed E-state index contributed by atoms with van der Waals surface area (Å²) >= 11 is 0. The number of benzene rings is 1. The number of ketones is 1. The van der Waals surface area contributed by atoms with Gasteiger partial charge in [-0.05, 0) is 56.9 Å². The van der Waals surface area contributed by atoms with Gasteiger partial charge in [0.15, 0.2) is 11.8 Å². The molecule has 1 aliphatic rings. The molecule has 3 unspecified atom stereocenters. The van der Waals surface area contributed by atoms with Gasteiger partial charge in [0.2, 0.25) is 11.8 Å². The Labute approximate surface area is 278 Å². The number of nitrogens with one attached hydrogen (secondary N) is 1. The molecule has 1 aliphatic carbocycles. The van der Waals surface area contributed by atoms with Gasteiger partial charge in [0.05, 0.1) is 12.1 Å². The monoisotopic (exact) mass is 666 g/mol. The molecule has 6 N–H and O–H groups in total. The topological polar surface area (TPSA) is 165 Å². The molecule has 0 aliphatic heterocycles. The van der Waals surface area contributed by atoms with Crippen molar-refractivity contribution in [2.75, 3.05) is 0 Å². The van der Waals surface area contributed by atoms with Crippen molar-refractivity contribution in [1.29, 1.82) is 0 Å². The van der Waals surface area contributed by atoms with E-state index in [1.165, 1.54) is 0 Å². The molecule has 1 saturated carbocycles. The van der Waals surface area contributed by atoms with Crippen molar-refractivity contribution in [3.8, 4) is 0 Å². The number of alkyl carbamates (subject to hydrolysis) is 1. The Morgan fingerprint density at radius 1 is 1.00 bits per heavy atom. The Hall–Kier alpha value is -2.96. The van der Waals surface area contributed by atoms with Crippen LogP contribution in [0.2, 0.25) is 0 Å². The van der Waals surface area contributed by atoms with Crippen molar-refractivity contribution < 1.29 is 37.8 Å². The zero-order valence-corrected chi connectivity index (χ0v) is 29.0. The first-order valence-corrected chi connectivity index (χ1v) is 16.8. The molecule has 10 nitrogen and oxygen atoms in total. The molecule has 0 heterocycles. The third-order valence-electron chi connectivity index (χ3n) is 8.43. The van der Waals surface area contributed by atoms with E-state index in [2.05, 4.69) is 5.32 Å². The van der Waals surface area contributed by atoms with E-state index in [1.54, 1.807) is 78.8 Å². The van der Waals surface area contributed by atoms with E-state index in [1.807, 2.05) is 0 Å². The molecular weight excluding hydrogens is 610 g/mol. The summed E-state index contributed by atoms with van der Waals surface area (Å²) in [6, 6.07) is 0.941. The van der Waals surface area contributed by atoms with Crippen LogP contribution in [0.15, 0.2) is 30.3 Å². The van der Waals surface area contributed by atoms with Crippen LogP contribution in [0, 0.1) is 17.8 Å². The summed E-state index contributed by atoms with van der Waals surface area (Å²) in [6.07, 6.45) is 0.185. The Kier molecular flexibility index (Phi) is 14.9. The average molecular weight is 667 g/mol. The van der Waals surface area contributed by atoms with Crippen LogP contribution in [0.3, 0.4) is 0 Å². The SMILES string of the molecule is CC(C)CC(=O)N(C(=O)[C@@H](N)C(C)C)C(C(=O)[C@H](Cc1ccccc1)NC(=O)OC(C)(C)C)C(F)(F)C(O)C(N)CC1CCCCC1. The largest absolute Gasteiger partial charge is 0.444 e. The lowest BCUT2D eigenvalue weighted by atomic mass is 9.81. The minimum atomic E-state index is -4.42. The van der Waals surface area contributed by atoms with Crippen molar-refractivity contribution in [3.63, 3.8) is 0 Å². The van der Waals surface area contributed by atoms with Gasteiger partial charge >= 0.3 is 12.0 Å². The van der Waals surface area contributed by atoms with E-state index >= 15 is 8.78 Å². The molecule has 0 bridgehead atoms. The first kappa shape index (κ1) is 40.2. The van der Waals surface area contributed by atoms with Crippen molar-refractivity contribution >= 4 is 23.7 Å². The summed E-state index contributed by atoms with van der Waals surface area (Å²) in [6.45, 7) is 11.3. The number of carbonyl (C=O) groups excluding carboxylic acids is 4. The number of imide groups is 1. The Balaban J connectivity index is 2.73. The lowest BCUT2D eigenvalue weighted by Crippen LogP contribution is -2.68. The van der Waals surface area contributed by atoms with Gasteiger partial charge in [0, 0.05) is 12.5 Å². The second-order valence-electron chi connectivity index (χ2n) is 14.7. The zero-order valence-electron chi connectivity index (χ0n) is 29.0. The molecule has 0 radical (unpaired) electrons. The van der Waals surface area contributed by atoms with Crippen molar-refractivity contribution in [2.45, 2.75) is 142 Å². The van der Waals surface area contributed by atoms with E-state index in [-0.39, 0.29) is 36.0 Å². The van der Waals surface area contributed by atoms with E-state index in [9.17, 15) is 24.3 Å². The maximum atomic E-state index is 16.9. The quantitative estimate of drug-likeness (QED) is 0.209. The third-order valence-corrected chi connectivity index (χ3v) is 8.43. The minimum absolute atomic E-state index is 0.00712. The summed E-state index contributed by atoms with van der Waals surface area (Å²) in [5.74, 6) is -8.98. The highest BCUT2D eigenvalue weighted by Gasteiger charge is 2.59. The Morgan fingerprint density at radius 2 is 1.57 bits per heavy atom. The molecule has 5 atom stereocenters. The van der Waals surface area contributed by atoms with Gasteiger partial charge in [-0.1, -0.05) is 90.1 Å². The van der Waals surface area contributed by atoms with Crippen molar-refractivity contribution in [2.24, 2.45) is 29.2 Å². The standard InChI is InChI=1S/C35H56F2N4O6/c1-21(2)18-27(42)41(32(45)28(39)22(3)4)30(35(36,37)31(44)25(38)19-23-14-10-8-11-15-23)29(43)26(20-24-16-12-9-13-17-24)40-33(46)47-34(5,6)7/h9,12-13,16-17,21-23,25-26,28,30-31,44H,8,10-11,14-15,18-20,38-39H2,1-7H3,(H,40,46)/t25?,26-,28-,30?,31?/m0/s1. The number of ether oxygens (including phenoxy) is 1. The number of amides is 3. The van der Waals surface area contributed by atoms with Crippen LogP contribution >= 0.6 is 0 Å². The first-order chi connectivity index (χ1) is 21.8. The number of aliphatic hydroxyl groups excluding tert-OH is 1. The van der Waals surface area contributed by atoms with E-state index in [0.717, 1.165) is 32.1 Å². The number of alkyl halides is 2. The van der Waals surface area contributed by atoms with Gasteiger partial charge in [-0.15, -0.1) is 0 Å². The van der Waals surface area contributed by atoms with Gasteiger partial charge < -0.3 is 26.6 Å². The molecule has 0 saturated heterocycles. The molecule has 3 amide bonds. The number of hydrogen-bond acceptors (Lipinski definition) is 8. The highest BCUT2D eigenvalue weighted by molar-refractivity contribution is 6.05. The number of hydrogen-bond donors (Lipinski definition) is 4. The van der Waals surface area contributed by atoms with E-state index < -0.39 is 71.4 Å². The van der Waals surface area contributed by atoms with Crippen LogP contribution < -0.4 is 16.8 Å². The molecule has 0 aromatic heterocycles. The van der Waals surface area contributed by atoms with Gasteiger partial charge in [-0.25, -0.2) is 13.6 Å². The number of halogens is 2. The molecule has 1 aromatic rings. The molecule has 1 fully saturated rings. The lowest BCUT2D eigenvalue weighted by Gasteiger charge is -2.41. The normalized spacial score (nSPS) is 17.8. The fourth-order valence-electron chi connectivity index (χ4n) is 5.87. The minimum Gasteiger partial charge on any atom is -0.444 e. The molecule has 2 rings (SSSR count).